The summed E-state index contributed by atoms with van der Waals surface area (Å²) in [5.74, 6) is 0.0314. The summed E-state index contributed by atoms with van der Waals surface area (Å²) in [4.78, 5) is 12.4. The molecule has 0 radical (unpaired) electrons. The number of nitrogens with zero attached hydrogens (tertiary/aromatic N) is 2. The molecule has 1 fully saturated rings. The van der Waals surface area contributed by atoms with Gasteiger partial charge in [0.15, 0.2) is 0 Å². The lowest BCUT2D eigenvalue weighted by Crippen LogP contribution is -2.40. The van der Waals surface area contributed by atoms with Crippen LogP contribution in [0.3, 0.4) is 0 Å². The number of hydrogen-bond donors (Lipinski definition) is 1. The Hall–Kier alpha value is -2.49. The van der Waals surface area contributed by atoms with Crippen molar-refractivity contribution in [2.24, 2.45) is 5.10 Å². The normalized spacial score (nSPS) is 16.4. The second kappa shape index (κ2) is 7.81. The summed E-state index contributed by atoms with van der Waals surface area (Å²) in [7, 11) is -3.66. The summed E-state index contributed by atoms with van der Waals surface area (Å²) in [6.07, 6.45) is 1.51. The summed E-state index contributed by atoms with van der Waals surface area (Å²) >= 11 is 0. The maximum atomic E-state index is 12.7. The molecule has 138 valence electrons. The lowest BCUT2D eigenvalue weighted by atomic mass is 10.2. The Morgan fingerprint density at radius 3 is 2.65 bits per heavy atom. The number of morpholine rings is 1. The van der Waals surface area contributed by atoms with Crippen LogP contribution in [0.4, 0.5) is 0 Å². The van der Waals surface area contributed by atoms with Crippen molar-refractivity contribution in [3.05, 3.63) is 54.0 Å². The molecule has 0 atom stereocenters. The zero-order chi connectivity index (χ0) is 18.6. The first-order chi connectivity index (χ1) is 12.5. The van der Waals surface area contributed by atoms with Gasteiger partial charge in [-0.2, -0.15) is 9.41 Å². The summed E-state index contributed by atoms with van der Waals surface area (Å²) in [6.45, 7) is 3.01. The van der Waals surface area contributed by atoms with Crippen LogP contribution in [0.2, 0.25) is 0 Å². The highest BCUT2D eigenvalue weighted by atomic mass is 32.2. The fourth-order valence-corrected chi connectivity index (χ4v) is 3.93. The SMILES string of the molecule is C/C(=N\NC(=O)c1cccc(S(=O)(=O)N2CCOCC2)c1)c1ccco1. The van der Waals surface area contributed by atoms with E-state index in [2.05, 4.69) is 10.5 Å². The molecule has 26 heavy (non-hydrogen) atoms. The van der Waals surface area contributed by atoms with Gasteiger partial charge >= 0.3 is 0 Å². The van der Waals surface area contributed by atoms with Crippen molar-refractivity contribution in [1.29, 1.82) is 0 Å². The Labute approximate surface area is 151 Å². The number of hydrogen-bond acceptors (Lipinski definition) is 6. The molecule has 0 saturated carbocycles. The minimum absolute atomic E-state index is 0.0683. The topological polar surface area (TPSA) is 101 Å². The van der Waals surface area contributed by atoms with E-state index in [1.165, 1.54) is 34.8 Å². The maximum Gasteiger partial charge on any atom is 0.271 e. The molecule has 1 aromatic carbocycles. The van der Waals surface area contributed by atoms with Gasteiger partial charge in [0.25, 0.3) is 5.91 Å². The molecule has 9 heteroatoms. The van der Waals surface area contributed by atoms with E-state index in [4.69, 9.17) is 9.15 Å². The van der Waals surface area contributed by atoms with Gasteiger partial charge in [-0.1, -0.05) is 6.07 Å². The Morgan fingerprint density at radius 2 is 1.96 bits per heavy atom. The van der Waals surface area contributed by atoms with Crippen LogP contribution in [0.5, 0.6) is 0 Å². The number of hydrazone groups is 1. The Morgan fingerprint density at radius 1 is 1.19 bits per heavy atom. The van der Waals surface area contributed by atoms with Crippen LogP contribution in [0.15, 0.2) is 57.1 Å². The van der Waals surface area contributed by atoms with Gasteiger partial charge in [0.2, 0.25) is 10.0 Å². The molecule has 1 N–H and O–H groups in total. The number of carbonyl (C=O) groups is 1. The molecule has 1 aromatic heterocycles. The van der Waals surface area contributed by atoms with E-state index >= 15 is 0 Å². The monoisotopic (exact) mass is 377 g/mol. The predicted octanol–water partition coefficient (Wildman–Crippen LogP) is 1.45. The third kappa shape index (κ3) is 4.01. The fourth-order valence-electron chi connectivity index (χ4n) is 2.47. The highest BCUT2D eigenvalue weighted by molar-refractivity contribution is 7.89. The molecule has 2 heterocycles. The van der Waals surface area contributed by atoms with Crippen LogP contribution in [0.1, 0.15) is 23.0 Å². The average Bonchev–Trinajstić information content (AvgIpc) is 3.21. The molecule has 0 unspecified atom stereocenters. The highest BCUT2D eigenvalue weighted by Crippen LogP contribution is 2.18. The van der Waals surface area contributed by atoms with Gasteiger partial charge < -0.3 is 9.15 Å². The maximum absolute atomic E-state index is 12.7. The minimum Gasteiger partial charge on any atom is -0.463 e. The van der Waals surface area contributed by atoms with Crippen LogP contribution < -0.4 is 5.43 Å². The number of rotatable bonds is 5. The van der Waals surface area contributed by atoms with E-state index in [9.17, 15) is 13.2 Å². The predicted molar refractivity (Wildman–Crippen MR) is 94.4 cm³/mol. The quantitative estimate of drug-likeness (QED) is 0.628. The van der Waals surface area contributed by atoms with Crippen LogP contribution in [0, 0.1) is 0 Å². The van der Waals surface area contributed by atoms with Gasteiger partial charge in [-0.15, -0.1) is 0 Å². The van der Waals surface area contributed by atoms with Crippen LogP contribution in [0.25, 0.3) is 0 Å². The molecule has 0 spiro atoms. The average molecular weight is 377 g/mol. The Balaban J connectivity index is 1.76. The van der Waals surface area contributed by atoms with Crippen LogP contribution >= 0.6 is 0 Å². The highest BCUT2D eigenvalue weighted by Gasteiger charge is 2.26. The summed E-state index contributed by atoms with van der Waals surface area (Å²) < 4.78 is 37.1. The standard InChI is InChI=1S/C17H19N3O5S/c1-13(16-6-3-9-25-16)18-19-17(21)14-4-2-5-15(12-14)26(22,23)20-7-10-24-11-8-20/h2-6,9,12H,7-8,10-11H2,1H3,(H,19,21)/b18-13+. The molecule has 3 rings (SSSR count). The zero-order valence-electron chi connectivity index (χ0n) is 14.2. The van der Waals surface area contributed by atoms with Gasteiger partial charge in [0, 0.05) is 18.7 Å². The second-order valence-corrected chi connectivity index (χ2v) is 7.60. The van der Waals surface area contributed by atoms with Crippen molar-refractivity contribution in [2.75, 3.05) is 26.3 Å². The number of ether oxygens (including phenoxy) is 1. The van der Waals surface area contributed by atoms with Crippen LogP contribution in [-0.2, 0) is 14.8 Å². The summed E-state index contributed by atoms with van der Waals surface area (Å²) in [6, 6.07) is 9.32. The molecule has 2 aromatic rings. The lowest BCUT2D eigenvalue weighted by Gasteiger charge is -2.26. The molecular weight excluding hydrogens is 358 g/mol. The van der Waals surface area contributed by atoms with Crippen molar-refractivity contribution in [2.45, 2.75) is 11.8 Å². The van der Waals surface area contributed by atoms with Crippen molar-refractivity contribution >= 4 is 21.6 Å². The lowest BCUT2D eigenvalue weighted by molar-refractivity contribution is 0.0730. The fraction of sp³-hybridized carbons (Fsp3) is 0.294. The van der Waals surface area contributed by atoms with E-state index in [1.807, 2.05) is 0 Å². The van der Waals surface area contributed by atoms with E-state index < -0.39 is 15.9 Å². The number of furan rings is 1. The summed E-state index contributed by atoms with van der Waals surface area (Å²) in [5, 5.41) is 3.97. The number of benzene rings is 1. The minimum atomic E-state index is -3.66. The Bertz CT molecular complexity index is 900. The van der Waals surface area contributed by atoms with Gasteiger partial charge in [-0.25, -0.2) is 13.8 Å². The summed E-state index contributed by atoms with van der Waals surface area (Å²) in [5.41, 5.74) is 3.11. The van der Waals surface area contributed by atoms with Crippen molar-refractivity contribution < 1.29 is 22.4 Å². The zero-order valence-corrected chi connectivity index (χ0v) is 15.0. The molecule has 0 aliphatic carbocycles. The third-order valence-corrected chi connectivity index (χ3v) is 5.80. The first-order valence-corrected chi connectivity index (χ1v) is 9.49. The van der Waals surface area contributed by atoms with E-state index in [0.29, 0.717) is 37.8 Å². The first kappa shape index (κ1) is 18.3. The largest absolute Gasteiger partial charge is 0.463 e. The van der Waals surface area contributed by atoms with Crippen molar-refractivity contribution in [3.63, 3.8) is 0 Å². The molecule has 1 aliphatic heterocycles. The molecule has 8 nitrogen and oxygen atoms in total. The van der Waals surface area contributed by atoms with Crippen LogP contribution in [-0.4, -0.2) is 50.6 Å². The Kier molecular flexibility index (Phi) is 5.50. The molecular formula is C17H19N3O5S. The number of sulfonamides is 1. The van der Waals surface area contributed by atoms with Gasteiger partial charge in [0.1, 0.15) is 11.5 Å². The van der Waals surface area contributed by atoms with Gasteiger partial charge in [0.05, 0.1) is 24.4 Å². The first-order valence-electron chi connectivity index (χ1n) is 8.05. The second-order valence-electron chi connectivity index (χ2n) is 5.66. The third-order valence-electron chi connectivity index (χ3n) is 3.91. The smallest absolute Gasteiger partial charge is 0.271 e. The number of nitrogens with one attached hydrogen (secondary N) is 1. The molecule has 0 bridgehead atoms. The number of amides is 1. The van der Waals surface area contributed by atoms with E-state index in [-0.39, 0.29) is 10.5 Å². The van der Waals surface area contributed by atoms with Gasteiger partial charge in [-0.3, -0.25) is 4.79 Å². The van der Waals surface area contributed by atoms with Crippen molar-refractivity contribution in [1.82, 2.24) is 9.73 Å². The number of carbonyl (C=O) groups excluding carboxylic acids is 1. The van der Waals surface area contributed by atoms with Crippen molar-refractivity contribution in [3.8, 4) is 0 Å². The molecule has 1 saturated heterocycles. The molecule has 1 aliphatic rings. The van der Waals surface area contributed by atoms with Gasteiger partial charge in [-0.05, 0) is 37.3 Å². The molecule has 1 amide bonds. The van der Waals surface area contributed by atoms with E-state index in [0.717, 1.165) is 0 Å². The van der Waals surface area contributed by atoms with E-state index in [1.54, 1.807) is 19.1 Å².